The standard InChI is InChI=1S/C24H27N3O4/c28-16-4-10-26-12-14-27(15-13-26)11-9-21(29)25-20-8-3-7-19-22(20)24(31)18-6-2-1-5-17(18)23(19)30/h1-3,5-8,28H,4,9-16H2,(H,25,29). The lowest BCUT2D eigenvalue weighted by molar-refractivity contribution is -0.116. The minimum atomic E-state index is -0.236. The third kappa shape index (κ3) is 4.58. The summed E-state index contributed by atoms with van der Waals surface area (Å²) < 4.78 is 0. The van der Waals surface area contributed by atoms with Gasteiger partial charge < -0.3 is 20.2 Å². The average Bonchev–Trinajstić information content (AvgIpc) is 2.80. The van der Waals surface area contributed by atoms with Crippen LogP contribution in [-0.2, 0) is 4.79 Å². The smallest absolute Gasteiger partial charge is 0.225 e. The van der Waals surface area contributed by atoms with Crippen LogP contribution >= 0.6 is 0 Å². The Bertz CT molecular complexity index is 996. The van der Waals surface area contributed by atoms with Crippen LogP contribution in [0.5, 0.6) is 0 Å². The molecule has 1 aliphatic heterocycles. The largest absolute Gasteiger partial charge is 0.396 e. The van der Waals surface area contributed by atoms with E-state index in [1.165, 1.54) is 0 Å². The number of hydrogen-bond donors (Lipinski definition) is 2. The van der Waals surface area contributed by atoms with E-state index in [9.17, 15) is 14.4 Å². The number of anilines is 1. The van der Waals surface area contributed by atoms with Crippen LogP contribution in [0.4, 0.5) is 5.69 Å². The fourth-order valence-corrected chi connectivity index (χ4v) is 4.25. The summed E-state index contributed by atoms with van der Waals surface area (Å²) in [6.45, 7) is 5.41. The second-order valence-corrected chi connectivity index (χ2v) is 7.99. The summed E-state index contributed by atoms with van der Waals surface area (Å²) in [5.74, 6) is -0.601. The van der Waals surface area contributed by atoms with Crippen molar-refractivity contribution >= 4 is 23.2 Å². The topological polar surface area (TPSA) is 89.9 Å². The molecule has 1 aliphatic carbocycles. The average molecular weight is 421 g/mol. The molecule has 2 aromatic carbocycles. The Morgan fingerprint density at radius 2 is 1.45 bits per heavy atom. The first-order chi connectivity index (χ1) is 15.1. The highest BCUT2D eigenvalue weighted by Gasteiger charge is 2.31. The highest BCUT2D eigenvalue weighted by atomic mass is 16.3. The van der Waals surface area contributed by atoms with Gasteiger partial charge in [0.05, 0.1) is 11.3 Å². The van der Waals surface area contributed by atoms with E-state index in [4.69, 9.17) is 5.11 Å². The summed E-state index contributed by atoms with van der Waals surface area (Å²) in [5, 5.41) is 11.8. The van der Waals surface area contributed by atoms with Crippen LogP contribution in [0.15, 0.2) is 42.5 Å². The van der Waals surface area contributed by atoms with E-state index >= 15 is 0 Å². The maximum atomic E-state index is 13.0. The summed E-state index contributed by atoms with van der Waals surface area (Å²) in [6, 6.07) is 11.8. The molecule has 0 aromatic heterocycles. The molecule has 1 fully saturated rings. The molecule has 4 rings (SSSR count). The molecule has 2 aromatic rings. The van der Waals surface area contributed by atoms with Gasteiger partial charge in [-0.15, -0.1) is 0 Å². The number of hydrogen-bond acceptors (Lipinski definition) is 6. The van der Waals surface area contributed by atoms with Crippen LogP contribution in [0.25, 0.3) is 0 Å². The van der Waals surface area contributed by atoms with Gasteiger partial charge in [0.15, 0.2) is 11.6 Å². The van der Waals surface area contributed by atoms with Crippen LogP contribution in [0.1, 0.15) is 44.7 Å². The fraction of sp³-hybridized carbons (Fsp3) is 0.375. The number of rotatable bonds is 7. The van der Waals surface area contributed by atoms with Gasteiger partial charge in [-0.05, 0) is 12.5 Å². The number of ketones is 2. The van der Waals surface area contributed by atoms with Gasteiger partial charge in [-0.25, -0.2) is 0 Å². The summed E-state index contributed by atoms with van der Waals surface area (Å²) in [7, 11) is 0. The molecule has 1 saturated heterocycles. The molecule has 0 saturated carbocycles. The van der Waals surface area contributed by atoms with E-state index in [2.05, 4.69) is 15.1 Å². The van der Waals surface area contributed by atoms with Crippen molar-refractivity contribution in [2.45, 2.75) is 12.8 Å². The number of piperazine rings is 1. The zero-order valence-electron chi connectivity index (χ0n) is 17.5. The minimum Gasteiger partial charge on any atom is -0.396 e. The van der Waals surface area contributed by atoms with E-state index in [-0.39, 0.29) is 29.6 Å². The first-order valence-electron chi connectivity index (χ1n) is 10.8. The molecule has 0 atom stereocenters. The summed E-state index contributed by atoms with van der Waals surface area (Å²) >= 11 is 0. The fourth-order valence-electron chi connectivity index (χ4n) is 4.25. The number of fused-ring (bicyclic) bond motifs is 2. The van der Waals surface area contributed by atoms with Crippen LogP contribution in [-0.4, -0.2) is 78.3 Å². The van der Waals surface area contributed by atoms with E-state index in [0.717, 1.165) is 39.1 Å². The minimum absolute atomic E-state index is 0.171. The lowest BCUT2D eigenvalue weighted by Gasteiger charge is -2.34. The first-order valence-corrected chi connectivity index (χ1v) is 10.8. The van der Waals surface area contributed by atoms with Crippen molar-refractivity contribution in [3.8, 4) is 0 Å². The van der Waals surface area contributed by atoms with E-state index in [1.54, 1.807) is 42.5 Å². The van der Waals surface area contributed by atoms with Gasteiger partial charge in [-0.2, -0.15) is 0 Å². The molecule has 162 valence electrons. The van der Waals surface area contributed by atoms with Gasteiger partial charge >= 0.3 is 0 Å². The van der Waals surface area contributed by atoms with Crippen molar-refractivity contribution < 1.29 is 19.5 Å². The Kier molecular flexibility index (Phi) is 6.56. The van der Waals surface area contributed by atoms with Crippen molar-refractivity contribution in [3.63, 3.8) is 0 Å². The van der Waals surface area contributed by atoms with Gasteiger partial charge in [-0.1, -0.05) is 36.4 Å². The Balaban J connectivity index is 1.38. The molecule has 31 heavy (non-hydrogen) atoms. The molecule has 0 unspecified atom stereocenters. The van der Waals surface area contributed by atoms with Crippen molar-refractivity contribution in [1.82, 2.24) is 9.80 Å². The molecule has 0 bridgehead atoms. The Hall–Kier alpha value is -2.87. The van der Waals surface area contributed by atoms with Gasteiger partial charge in [0.2, 0.25) is 5.91 Å². The SMILES string of the molecule is O=C(CCN1CCN(CCCO)CC1)Nc1cccc2c1C(=O)c1ccccc1C2=O. The second-order valence-electron chi connectivity index (χ2n) is 7.99. The number of aliphatic hydroxyl groups is 1. The third-order valence-electron chi connectivity index (χ3n) is 5.98. The van der Waals surface area contributed by atoms with Crippen LogP contribution < -0.4 is 5.32 Å². The molecular weight excluding hydrogens is 394 g/mol. The lowest BCUT2D eigenvalue weighted by atomic mass is 9.83. The Morgan fingerprint density at radius 1 is 0.839 bits per heavy atom. The second kappa shape index (κ2) is 9.51. The Morgan fingerprint density at radius 3 is 2.13 bits per heavy atom. The van der Waals surface area contributed by atoms with E-state index in [0.29, 0.717) is 35.3 Å². The molecule has 7 heteroatoms. The van der Waals surface area contributed by atoms with Gasteiger partial charge in [0.25, 0.3) is 0 Å². The number of carbonyl (C=O) groups excluding carboxylic acids is 3. The van der Waals surface area contributed by atoms with Gasteiger partial charge in [0.1, 0.15) is 0 Å². The molecular formula is C24H27N3O4. The van der Waals surface area contributed by atoms with Crippen molar-refractivity contribution in [2.75, 3.05) is 51.2 Å². The van der Waals surface area contributed by atoms with Gasteiger partial charge in [0, 0.05) is 69.0 Å². The maximum Gasteiger partial charge on any atom is 0.225 e. The highest BCUT2D eigenvalue weighted by Crippen LogP contribution is 2.31. The number of benzene rings is 2. The zero-order valence-corrected chi connectivity index (χ0v) is 17.5. The highest BCUT2D eigenvalue weighted by molar-refractivity contribution is 6.30. The molecule has 2 N–H and O–H groups in total. The van der Waals surface area contributed by atoms with Crippen LogP contribution in [0.2, 0.25) is 0 Å². The monoisotopic (exact) mass is 421 g/mol. The molecule has 0 radical (unpaired) electrons. The molecule has 1 amide bonds. The molecule has 2 aliphatic rings. The lowest BCUT2D eigenvalue weighted by Crippen LogP contribution is -2.47. The maximum absolute atomic E-state index is 13.0. The molecule has 7 nitrogen and oxygen atoms in total. The number of nitrogens with zero attached hydrogens (tertiary/aromatic N) is 2. The van der Waals surface area contributed by atoms with Crippen LogP contribution in [0.3, 0.4) is 0 Å². The normalized spacial score (nSPS) is 16.7. The number of nitrogens with one attached hydrogen (secondary N) is 1. The summed E-state index contributed by atoms with van der Waals surface area (Å²) in [5.41, 5.74) is 1.78. The van der Waals surface area contributed by atoms with Crippen LogP contribution in [0, 0.1) is 0 Å². The number of amides is 1. The predicted molar refractivity (Wildman–Crippen MR) is 118 cm³/mol. The van der Waals surface area contributed by atoms with E-state index in [1.807, 2.05) is 0 Å². The van der Waals surface area contributed by atoms with E-state index < -0.39 is 0 Å². The predicted octanol–water partition coefficient (Wildman–Crippen LogP) is 1.79. The molecule has 1 heterocycles. The first kappa shape index (κ1) is 21.4. The Labute approximate surface area is 181 Å². The summed E-state index contributed by atoms with van der Waals surface area (Å²) in [4.78, 5) is 43.0. The third-order valence-corrected chi connectivity index (χ3v) is 5.98. The molecule has 0 spiro atoms. The number of aliphatic hydroxyl groups excluding tert-OH is 1. The quantitative estimate of drug-likeness (QED) is 0.605. The van der Waals surface area contributed by atoms with Crippen molar-refractivity contribution in [1.29, 1.82) is 0 Å². The zero-order chi connectivity index (χ0) is 21.8. The summed E-state index contributed by atoms with van der Waals surface area (Å²) in [6.07, 6.45) is 1.11. The van der Waals surface area contributed by atoms with Crippen molar-refractivity contribution in [2.24, 2.45) is 0 Å². The van der Waals surface area contributed by atoms with Gasteiger partial charge in [-0.3, -0.25) is 14.4 Å². The van der Waals surface area contributed by atoms with Crippen molar-refractivity contribution in [3.05, 3.63) is 64.7 Å². The number of carbonyl (C=O) groups is 3.